The topological polar surface area (TPSA) is 63.6 Å². The van der Waals surface area contributed by atoms with Crippen LogP contribution in [0.5, 0.6) is 5.75 Å². The van der Waals surface area contributed by atoms with Crippen molar-refractivity contribution in [3.63, 3.8) is 0 Å². The summed E-state index contributed by atoms with van der Waals surface area (Å²) < 4.78 is 5.48. The first-order chi connectivity index (χ1) is 11.4. The molecule has 0 saturated heterocycles. The highest BCUT2D eigenvalue weighted by Gasteiger charge is 2.13. The van der Waals surface area contributed by atoms with E-state index in [2.05, 4.69) is 36.3 Å². The minimum Gasteiger partial charge on any atom is -0.484 e. The lowest BCUT2D eigenvalue weighted by Gasteiger charge is -2.19. The SMILES string of the molecule is C/C(=N\NC(=O)COc1ccc(C(C)(C)C)cc1)c1ccccn1. The molecular formula is C19H23N3O2. The van der Waals surface area contributed by atoms with Crippen molar-refractivity contribution >= 4 is 11.6 Å². The predicted molar refractivity (Wildman–Crippen MR) is 95.2 cm³/mol. The Morgan fingerprint density at radius 1 is 1.17 bits per heavy atom. The number of pyridine rings is 1. The molecule has 5 nitrogen and oxygen atoms in total. The molecule has 0 spiro atoms. The van der Waals surface area contributed by atoms with Crippen LogP contribution in [0.15, 0.2) is 53.8 Å². The highest BCUT2D eigenvalue weighted by Crippen LogP contribution is 2.24. The van der Waals surface area contributed by atoms with E-state index < -0.39 is 0 Å². The molecule has 0 atom stereocenters. The van der Waals surface area contributed by atoms with Gasteiger partial charge < -0.3 is 4.74 Å². The smallest absolute Gasteiger partial charge is 0.277 e. The molecule has 2 aromatic rings. The number of nitrogens with one attached hydrogen (secondary N) is 1. The molecule has 126 valence electrons. The Labute approximate surface area is 142 Å². The molecule has 1 heterocycles. The van der Waals surface area contributed by atoms with E-state index in [-0.39, 0.29) is 17.9 Å². The molecule has 24 heavy (non-hydrogen) atoms. The third kappa shape index (κ3) is 5.19. The zero-order valence-electron chi connectivity index (χ0n) is 14.5. The van der Waals surface area contributed by atoms with Crippen LogP contribution in [0.25, 0.3) is 0 Å². The molecule has 0 saturated carbocycles. The lowest BCUT2D eigenvalue weighted by atomic mass is 9.87. The molecule has 1 aromatic heterocycles. The maximum atomic E-state index is 11.8. The number of carbonyl (C=O) groups is 1. The zero-order valence-corrected chi connectivity index (χ0v) is 14.5. The Morgan fingerprint density at radius 3 is 2.46 bits per heavy atom. The summed E-state index contributed by atoms with van der Waals surface area (Å²) in [5.41, 5.74) is 5.14. The van der Waals surface area contributed by atoms with Crippen LogP contribution in [0.1, 0.15) is 39.0 Å². The molecule has 1 aromatic carbocycles. The summed E-state index contributed by atoms with van der Waals surface area (Å²) >= 11 is 0. The van der Waals surface area contributed by atoms with Crippen LogP contribution in [-0.2, 0) is 10.2 Å². The van der Waals surface area contributed by atoms with Crippen molar-refractivity contribution in [3.8, 4) is 5.75 Å². The highest BCUT2D eigenvalue weighted by molar-refractivity contribution is 5.97. The van der Waals surface area contributed by atoms with E-state index in [1.165, 1.54) is 5.56 Å². The van der Waals surface area contributed by atoms with E-state index >= 15 is 0 Å². The second kappa shape index (κ2) is 7.73. The molecule has 0 fully saturated rings. The fourth-order valence-corrected chi connectivity index (χ4v) is 2.01. The van der Waals surface area contributed by atoms with Gasteiger partial charge in [0.05, 0.1) is 11.4 Å². The minimum absolute atomic E-state index is 0.0894. The molecule has 5 heteroatoms. The van der Waals surface area contributed by atoms with E-state index in [1.54, 1.807) is 13.1 Å². The first kappa shape index (κ1) is 17.7. The number of hydrogen-bond acceptors (Lipinski definition) is 4. The third-order valence-corrected chi connectivity index (χ3v) is 3.47. The Balaban J connectivity index is 1.85. The van der Waals surface area contributed by atoms with Crippen molar-refractivity contribution in [2.24, 2.45) is 5.10 Å². The second-order valence-corrected chi connectivity index (χ2v) is 6.51. The van der Waals surface area contributed by atoms with Gasteiger partial charge in [-0.2, -0.15) is 5.10 Å². The number of amides is 1. The number of hydrazone groups is 1. The predicted octanol–water partition coefficient (Wildman–Crippen LogP) is 3.30. The Bertz CT molecular complexity index is 702. The first-order valence-electron chi connectivity index (χ1n) is 7.84. The third-order valence-electron chi connectivity index (χ3n) is 3.47. The van der Waals surface area contributed by atoms with Crippen molar-refractivity contribution in [1.29, 1.82) is 0 Å². The number of hydrogen-bond donors (Lipinski definition) is 1. The minimum atomic E-state index is -0.315. The van der Waals surface area contributed by atoms with Crippen LogP contribution in [0, 0.1) is 0 Å². The van der Waals surface area contributed by atoms with Gasteiger partial charge in [-0.15, -0.1) is 0 Å². The summed E-state index contributed by atoms with van der Waals surface area (Å²) in [5, 5.41) is 4.03. The van der Waals surface area contributed by atoms with Crippen molar-refractivity contribution in [2.45, 2.75) is 33.1 Å². The van der Waals surface area contributed by atoms with Gasteiger partial charge in [0.15, 0.2) is 6.61 Å². The average molecular weight is 325 g/mol. The molecular weight excluding hydrogens is 302 g/mol. The fraction of sp³-hybridized carbons (Fsp3) is 0.316. The first-order valence-corrected chi connectivity index (χ1v) is 7.84. The Morgan fingerprint density at radius 2 is 1.88 bits per heavy atom. The number of aromatic nitrogens is 1. The molecule has 0 aliphatic heterocycles. The fourth-order valence-electron chi connectivity index (χ4n) is 2.01. The van der Waals surface area contributed by atoms with E-state index in [9.17, 15) is 4.79 Å². The average Bonchev–Trinajstić information content (AvgIpc) is 2.58. The van der Waals surface area contributed by atoms with Gasteiger partial charge >= 0.3 is 0 Å². The van der Waals surface area contributed by atoms with Crippen LogP contribution < -0.4 is 10.2 Å². The number of benzene rings is 1. The molecule has 0 bridgehead atoms. The van der Waals surface area contributed by atoms with Crippen molar-refractivity contribution in [1.82, 2.24) is 10.4 Å². The summed E-state index contributed by atoms with van der Waals surface area (Å²) in [6.45, 7) is 8.15. The standard InChI is InChI=1S/C19H23N3O2/c1-14(17-7-5-6-12-20-17)21-22-18(23)13-24-16-10-8-15(9-11-16)19(2,3)4/h5-12H,13H2,1-4H3,(H,22,23)/b21-14+. The van der Waals surface area contributed by atoms with Gasteiger partial charge in [0, 0.05) is 6.20 Å². The van der Waals surface area contributed by atoms with Gasteiger partial charge in [0.2, 0.25) is 0 Å². The lowest BCUT2D eigenvalue weighted by Crippen LogP contribution is -2.25. The van der Waals surface area contributed by atoms with E-state index in [0.29, 0.717) is 11.5 Å². The van der Waals surface area contributed by atoms with Gasteiger partial charge in [-0.25, -0.2) is 5.43 Å². The largest absolute Gasteiger partial charge is 0.484 e. The molecule has 0 aliphatic carbocycles. The van der Waals surface area contributed by atoms with Gasteiger partial charge in [0.25, 0.3) is 5.91 Å². The van der Waals surface area contributed by atoms with E-state index in [4.69, 9.17) is 4.74 Å². The molecule has 0 radical (unpaired) electrons. The number of rotatable bonds is 5. The summed E-state index contributed by atoms with van der Waals surface area (Å²) in [6, 6.07) is 13.3. The van der Waals surface area contributed by atoms with E-state index in [0.717, 1.165) is 5.69 Å². The molecule has 2 rings (SSSR count). The van der Waals surface area contributed by atoms with Gasteiger partial charge in [0.1, 0.15) is 5.75 Å². The van der Waals surface area contributed by atoms with Crippen LogP contribution in [0.4, 0.5) is 0 Å². The summed E-state index contributed by atoms with van der Waals surface area (Å²) in [7, 11) is 0. The maximum absolute atomic E-state index is 11.8. The van der Waals surface area contributed by atoms with Crippen LogP contribution in [0.2, 0.25) is 0 Å². The summed E-state index contributed by atoms with van der Waals surface area (Å²) in [5.74, 6) is 0.341. The van der Waals surface area contributed by atoms with Crippen LogP contribution >= 0.6 is 0 Å². The molecule has 1 amide bonds. The monoisotopic (exact) mass is 325 g/mol. The summed E-state index contributed by atoms with van der Waals surface area (Å²) in [4.78, 5) is 16.0. The highest BCUT2D eigenvalue weighted by atomic mass is 16.5. The van der Waals surface area contributed by atoms with E-state index in [1.807, 2.05) is 42.5 Å². The lowest BCUT2D eigenvalue weighted by molar-refractivity contribution is -0.123. The Hall–Kier alpha value is -2.69. The zero-order chi connectivity index (χ0) is 17.6. The summed E-state index contributed by atoms with van der Waals surface area (Å²) in [6.07, 6.45) is 1.68. The Kier molecular flexibility index (Phi) is 5.68. The van der Waals surface area contributed by atoms with Crippen molar-refractivity contribution < 1.29 is 9.53 Å². The second-order valence-electron chi connectivity index (χ2n) is 6.51. The number of nitrogens with zero attached hydrogens (tertiary/aromatic N) is 2. The van der Waals surface area contributed by atoms with Crippen molar-refractivity contribution in [2.75, 3.05) is 6.61 Å². The van der Waals surface area contributed by atoms with Gasteiger partial charge in [-0.3, -0.25) is 9.78 Å². The molecule has 0 aliphatic rings. The van der Waals surface area contributed by atoms with Gasteiger partial charge in [-0.05, 0) is 42.2 Å². The van der Waals surface area contributed by atoms with Gasteiger partial charge in [-0.1, -0.05) is 39.0 Å². The molecule has 1 N–H and O–H groups in total. The maximum Gasteiger partial charge on any atom is 0.277 e. The number of carbonyl (C=O) groups excluding carboxylic acids is 1. The van der Waals surface area contributed by atoms with Crippen LogP contribution in [-0.4, -0.2) is 23.2 Å². The normalized spacial score (nSPS) is 11.9. The van der Waals surface area contributed by atoms with Crippen molar-refractivity contribution in [3.05, 3.63) is 59.9 Å². The van der Waals surface area contributed by atoms with Crippen LogP contribution in [0.3, 0.4) is 0 Å². The number of ether oxygens (including phenoxy) is 1. The molecule has 0 unspecified atom stereocenters. The quantitative estimate of drug-likeness (QED) is 0.677.